The van der Waals surface area contributed by atoms with Gasteiger partial charge >= 0.3 is 12.0 Å². The van der Waals surface area contributed by atoms with E-state index in [9.17, 15) is 14.7 Å². The third-order valence-corrected chi connectivity index (χ3v) is 4.22. The number of urea groups is 1. The van der Waals surface area contributed by atoms with Gasteiger partial charge in [0.25, 0.3) is 0 Å². The zero-order valence-electron chi connectivity index (χ0n) is 11.2. The smallest absolute Gasteiger partial charge is 0.322 e. The standard InChI is InChI=1S/C15H18N2O3/c18-14(19)12-8-9-17(13-7-2-1-6-11(12)13)15(20)16-10-4-3-5-10/h1-2,6-7,10,12H,3-5,8-9H2,(H,16,20)(H,18,19). The SMILES string of the molecule is O=C(O)C1CCN(C(=O)NC2CCC2)c2ccccc21. The molecular formula is C15H18N2O3. The van der Waals surface area contributed by atoms with Crippen molar-refractivity contribution >= 4 is 17.7 Å². The lowest BCUT2D eigenvalue weighted by Gasteiger charge is -2.35. The van der Waals surface area contributed by atoms with E-state index in [1.165, 1.54) is 6.42 Å². The Balaban J connectivity index is 1.84. The molecule has 1 unspecified atom stereocenters. The number of amides is 2. The van der Waals surface area contributed by atoms with E-state index in [4.69, 9.17) is 0 Å². The van der Waals surface area contributed by atoms with Gasteiger partial charge in [0.2, 0.25) is 0 Å². The number of carboxylic acid groups (broad SMARTS) is 1. The van der Waals surface area contributed by atoms with Crippen LogP contribution in [-0.2, 0) is 4.79 Å². The summed E-state index contributed by atoms with van der Waals surface area (Å²) in [7, 11) is 0. The largest absolute Gasteiger partial charge is 0.481 e. The summed E-state index contributed by atoms with van der Waals surface area (Å²) in [5, 5.41) is 12.3. The normalized spacial score (nSPS) is 21.8. The van der Waals surface area contributed by atoms with Crippen LogP contribution in [0, 0.1) is 0 Å². The number of para-hydroxylation sites is 1. The van der Waals surface area contributed by atoms with Gasteiger partial charge in [0.1, 0.15) is 0 Å². The van der Waals surface area contributed by atoms with Gasteiger partial charge in [0.05, 0.1) is 5.92 Å². The number of carbonyl (C=O) groups excluding carboxylic acids is 1. The number of nitrogens with zero attached hydrogens (tertiary/aromatic N) is 1. The molecule has 0 aromatic heterocycles. The Labute approximate surface area is 117 Å². The predicted molar refractivity (Wildman–Crippen MR) is 75.0 cm³/mol. The highest BCUT2D eigenvalue weighted by Crippen LogP contribution is 2.35. The van der Waals surface area contributed by atoms with Crippen LogP contribution in [0.3, 0.4) is 0 Å². The molecule has 1 fully saturated rings. The average Bonchev–Trinajstić information content (AvgIpc) is 2.41. The van der Waals surface area contributed by atoms with E-state index in [-0.39, 0.29) is 12.1 Å². The monoisotopic (exact) mass is 274 g/mol. The number of aliphatic carboxylic acids is 1. The molecule has 0 spiro atoms. The third kappa shape index (κ3) is 2.24. The van der Waals surface area contributed by atoms with Gasteiger partial charge in [-0.05, 0) is 37.3 Å². The summed E-state index contributed by atoms with van der Waals surface area (Å²) in [6.45, 7) is 0.451. The molecule has 106 valence electrons. The summed E-state index contributed by atoms with van der Waals surface area (Å²) in [6, 6.07) is 7.47. The van der Waals surface area contributed by atoms with Crippen molar-refractivity contribution in [3.63, 3.8) is 0 Å². The Kier molecular flexibility index (Phi) is 3.34. The van der Waals surface area contributed by atoms with Crippen LogP contribution < -0.4 is 10.2 Å². The first-order valence-electron chi connectivity index (χ1n) is 7.06. The summed E-state index contributed by atoms with van der Waals surface area (Å²) < 4.78 is 0. The highest BCUT2D eigenvalue weighted by molar-refractivity contribution is 5.95. The number of rotatable bonds is 2. The van der Waals surface area contributed by atoms with Crippen molar-refractivity contribution in [1.82, 2.24) is 5.32 Å². The van der Waals surface area contributed by atoms with Crippen LogP contribution in [0.25, 0.3) is 0 Å². The summed E-state index contributed by atoms with van der Waals surface area (Å²) in [5.74, 6) is -1.34. The van der Waals surface area contributed by atoms with Crippen LogP contribution in [0.5, 0.6) is 0 Å². The van der Waals surface area contributed by atoms with Gasteiger partial charge < -0.3 is 10.4 Å². The van der Waals surface area contributed by atoms with E-state index in [0.717, 1.165) is 24.1 Å². The maximum absolute atomic E-state index is 12.3. The summed E-state index contributed by atoms with van der Waals surface area (Å²) in [4.78, 5) is 25.3. The van der Waals surface area contributed by atoms with E-state index >= 15 is 0 Å². The molecule has 1 atom stereocenters. The van der Waals surface area contributed by atoms with Crippen molar-refractivity contribution in [2.75, 3.05) is 11.4 Å². The Morgan fingerprint density at radius 1 is 1.20 bits per heavy atom. The van der Waals surface area contributed by atoms with Gasteiger partial charge in [-0.1, -0.05) is 18.2 Å². The number of nitrogens with one attached hydrogen (secondary N) is 1. The molecule has 2 N–H and O–H groups in total. The van der Waals surface area contributed by atoms with Crippen molar-refractivity contribution in [3.05, 3.63) is 29.8 Å². The van der Waals surface area contributed by atoms with E-state index < -0.39 is 11.9 Å². The van der Waals surface area contributed by atoms with Crippen molar-refractivity contribution in [3.8, 4) is 0 Å². The maximum Gasteiger partial charge on any atom is 0.322 e. The second-order valence-electron chi connectivity index (χ2n) is 5.47. The molecule has 5 heteroatoms. The molecule has 0 saturated heterocycles. The van der Waals surface area contributed by atoms with Gasteiger partial charge in [0, 0.05) is 18.3 Å². The molecule has 2 amide bonds. The molecule has 1 aliphatic carbocycles. The van der Waals surface area contributed by atoms with E-state index in [2.05, 4.69) is 5.32 Å². The molecule has 3 rings (SSSR count). The van der Waals surface area contributed by atoms with Crippen LogP contribution in [0.2, 0.25) is 0 Å². The van der Waals surface area contributed by atoms with Crippen LogP contribution >= 0.6 is 0 Å². The molecule has 20 heavy (non-hydrogen) atoms. The van der Waals surface area contributed by atoms with Gasteiger partial charge in [-0.15, -0.1) is 0 Å². The van der Waals surface area contributed by atoms with Crippen molar-refractivity contribution < 1.29 is 14.7 Å². The van der Waals surface area contributed by atoms with Crippen LogP contribution in [0.1, 0.15) is 37.2 Å². The maximum atomic E-state index is 12.3. The highest BCUT2D eigenvalue weighted by Gasteiger charge is 2.33. The fourth-order valence-electron chi connectivity index (χ4n) is 2.83. The lowest BCUT2D eigenvalue weighted by Crippen LogP contribution is -2.49. The Bertz CT molecular complexity index is 540. The highest BCUT2D eigenvalue weighted by atomic mass is 16.4. The topological polar surface area (TPSA) is 69.6 Å². The summed E-state index contributed by atoms with van der Waals surface area (Å²) >= 11 is 0. The predicted octanol–water partition coefficient (Wildman–Crippen LogP) is 2.33. The van der Waals surface area contributed by atoms with Crippen LogP contribution in [0.15, 0.2) is 24.3 Å². The average molecular weight is 274 g/mol. The number of carboxylic acids is 1. The third-order valence-electron chi connectivity index (χ3n) is 4.22. The zero-order chi connectivity index (χ0) is 14.1. The van der Waals surface area contributed by atoms with E-state index in [0.29, 0.717) is 13.0 Å². The molecule has 0 radical (unpaired) electrons. The first-order valence-corrected chi connectivity index (χ1v) is 7.06. The first-order chi connectivity index (χ1) is 9.66. The van der Waals surface area contributed by atoms with Crippen LogP contribution in [0.4, 0.5) is 10.5 Å². The number of hydrogen-bond acceptors (Lipinski definition) is 2. The Morgan fingerprint density at radius 2 is 1.95 bits per heavy atom. The van der Waals surface area contributed by atoms with Gasteiger partial charge in [-0.2, -0.15) is 0 Å². The lowest BCUT2D eigenvalue weighted by molar-refractivity contribution is -0.139. The second-order valence-corrected chi connectivity index (χ2v) is 5.47. The number of benzene rings is 1. The number of fused-ring (bicyclic) bond motifs is 1. The number of anilines is 1. The van der Waals surface area contributed by atoms with Gasteiger partial charge in [0.15, 0.2) is 0 Å². The fourth-order valence-corrected chi connectivity index (χ4v) is 2.83. The molecule has 1 saturated carbocycles. The molecule has 1 aromatic carbocycles. The number of carbonyl (C=O) groups is 2. The molecule has 1 aromatic rings. The Morgan fingerprint density at radius 3 is 2.60 bits per heavy atom. The Hall–Kier alpha value is -2.04. The molecule has 1 heterocycles. The van der Waals surface area contributed by atoms with E-state index in [1.807, 2.05) is 18.2 Å². The van der Waals surface area contributed by atoms with E-state index in [1.54, 1.807) is 11.0 Å². The summed E-state index contributed by atoms with van der Waals surface area (Å²) in [6.07, 6.45) is 3.71. The second kappa shape index (κ2) is 5.15. The quantitative estimate of drug-likeness (QED) is 0.869. The molecule has 1 aliphatic heterocycles. The van der Waals surface area contributed by atoms with Gasteiger partial charge in [-0.3, -0.25) is 9.69 Å². The van der Waals surface area contributed by atoms with Gasteiger partial charge in [-0.25, -0.2) is 4.79 Å². The number of hydrogen-bond donors (Lipinski definition) is 2. The fraction of sp³-hybridized carbons (Fsp3) is 0.467. The van der Waals surface area contributed by atoms with Crippen molar-refractivity contribution in [2.45, 2.75) is 37.6 Å². The molecule has 0 bridgehead atoms. The lowest BCUT2D eigenvalue weighted by atomic mass is 9.90. The van der Waals surface area contributed by atoms with Crippen molar-refractivity contribution in [2.24, 2.45) is 0 Å². The molecule has 5 nitrogen and oxygen atoms in total. The molecule has 2 aliphatic rings. The minimum absolute atomic E-state index is 0.106. The molecular weight excluding hydrogens is 256 g/mol. The van der Waals surface area contributed by atoms with Crippen LogP contribution in [-0.4, -0.2) is 29.7 Å². The minimum atomic E-state index is -0.823. The zero-order valence-corrected chi connectivity index (χ0v) is 11.2. The minimum Gasteiger partial charge on any atom is -0.481 e. The summed E-state index contributed by atoms with van der Waals surface area (Å²) in [5.41, 5.74) is 1.46. The first kappa shape index (κ1) is 13.0. The van der Waals surface area contributed by atoms with Crippen molar-refractivity contribution in [1.29, 1.82) is 0 Å².